The van der Waals surface area contributed by atoms with E-state index < -0.39 is 26.9 Å². The van der Waals surface area contributed by atoms with Gasteiger partial charge in [0.05, 0.1) is 18.3 Å². The van der Waals surface area contributed by atoms with Crippen molar-refractivity contribution in [1.29, 1.82) is 0 Å². The molecular formula is C18H20ClN3O6S. The zero-order valence-corrected chi connectivity index (χ0v) is 17.5. The number of ether oxygens (including phenoxy) is 1. The summed E-state index contributed by atoms with van der Waals surface area (Å²) in [4.78, 5) is 23.4. The lowest BCUT2D eigenvalue weighted by Gasteiger charge is -2.30. The second-order valence-electron chi connectivity index (χ2n) is 6.10. The van der Waals surface area contributed by atoms with Crippen molar-refractivity contribution in [3.8, 4) is 5.75 Å². The fourth-order valence-corrected chi connectivity index (χ4v) is 4.19. The zero-order chi connectivity index (χ0) is 21.8. The molecule has 29 heavy (non-hydrogen) atoms. The van der Waals surface area contributed by atoms with Crippen molar-refractivity contribution >= 4 is 44.6 Å². The lowest BCUT2D eigenvalue weighted by molar-refractivity contribution is -0.384. The molecule has 1 N–H and O–H groups in total. The minimum absolute atomic E-state index is 0.0787. The molecule has 1 amide bonds. The Balaban J connectivity index is 2.54. The highest BCUT2D eigenvalue weighted by atomic mass is 35.5. The summed E-state index contributed by atoms with van der Waals surface area (Å²) >= 11 is 5.92. The van der Waals surface area contributed by atoms with Gasteiger partial charge in [0, 0.05) is 22.8 Å². The van der Waals surface area contributed by atoms with Crippen molar-refractivity contribution in [3.63, 3.8) is 0 Å². The van der Waals surface area contributed by atoms with Crippen LogP contribution in [-0.4, -0.2) is 38.7 Å². The number of nitro benzene ring substituents is 1. The summed E-state index contributed by atoms with van der Waals surface area (Å²) in [6.45, 7) is 1.63. The molecule has 0 saturated heterocycles. The first kappa shape index (κ1) is 22.4. The number of carbonyl (C=O) groups is 1. The van der Waals surface area contributed by atoms with Gasteiger partial charge in [0.15, 0.2) is 0 Å². The summed E-state index contributed by atoms with van der Waals surface area (Å²) < 4.78 is 31.2. The molecule has 2 rings (SSSR count). The van der Waals surface area contributed by atoms with Gasteiger partial charge in [-0.2, -0.15) is 0 Å². The number of nitro groups is 1. The first-order valence-electron chi connectivity index (χ1n) is 8.46. The molecule has 2 aromatic carbocycles. The van der Waals surface area contributed by atoms with E-state index in [0.717, 1.165) is 16.6 Å². The molecule has 0 aliphatic heterocycles. The predicted octanol–water partition coefficient (Wildman–Crippen LogP) is 3.44. The summed E-state index contributed by atoms with van der Waals surface area (Å²) in [5, 5.41) is 14.2. The third-order valence-corrected chi connectivity index (χ3v) is 5.43. The number of methoxy groups -OCH3 is 1. The standard InChI is InChI=1S/C18H20ClN3O6S/c1-4-15(18(23)20-13-7-5-6-12(19)10-13)21(29(3,26)27)16-11-14(22(24)25)8-9-17(16)28-2/h5-11,15H,4H2,1-3H3,(H,20,23)/t15-/m0/s1. The number of halogens is 1. The van der Waals surface area contributed by atoms with Crippen LogP contribution < -0.4 is 14.4 Å². The van der Waals surface area contributed by atoms with Crippen molar-refractivity contribution < 1.29 is 22.9 Å². The quantitative estimate of drug-likeness (QED) is 0.495. The highest BCUT2D eigenvalue weighted by Crippen LogP contribution is 2.35. The van der Waals surface area contributed by atoms with Crippen LogP contribution >= 0.6 is 11.6 Å². The molecule has 0 aromatic heterocycles. The Morgan fingerprint density at radius 3 is 2.52 bits per heavy atom. The van der Waals surface area contributed by atoms with Crippen LogP contribution in [0.1, 0.15) is 13.3 Å². The maximum absolute atomic E-state index is 12.9. The van der Waals surface area contributed by atoms with Gasteiger partial charge in [0.2, 0.25) is 15.9 Å². The van der Waals surface area contributed by atoms with Crippen molar-refractivity contribution in [2.45, 2.75) is 19.4 Å². The summed E-state index contributed by atoms with van der Waals surface area (Å²) in [6.07, 6.45) is 1.02. The smallest absolute Gasteiger partial charge is 0.271 e. The fraction of sp³-hybridized carbons (Fsp3) is 0.278. The van der Waals surface area contributed by atoms with E-state index in [4.69, 9.17) is 16.3 Å². The van der Waals surface area contributed by atoms with Crippen LogP contribution in [0.2, 0.25) is 5.02 Å². The van der Waals surface area contributed by atoms with E-state index in [1.165, 1.54) is 25.3 Å². The van der Waals surface area contributed by atoms with Crippen LogP contribution in [0.15, 0.2) is 42.5 Å². The lowest BCUT2D eigenvalue weighted by atomic mass is 10.1. The number of benzene rings is 2. The zero-order valence-electron chi connectivity index (χ0n) is 16.0. The van der Waals surface area contributed by atoms with E-state index in [-0.39, 0.29) is 23.5 Å². The average Bonchev–Trinajstić information content (AvgIpc) is 2.64. The number of rotatable bonds is 8. The van der Waals surface area contributed by atoms with Crippen molar-refractivity contribution in [2.75, 3.05) is 23.0 Å². The Kier molecular flexibility index (Phi) is 7.04. The summed E-state index contributed by atoms with van der Waals surface area (Å²) in [6, 6.07) is 8.75. The molecule has 0 aliphatic rings. The highest BCUT2D eigenvalue weighted by molar-refractivity contribution is 7.92. The van der Waals surface area contributed by atoms with Gasteiger partial charge in [-0.05, 0) is 30.7 Å². The van der Waals surface area contributed by atoms with E-state index in [2.05, 4.69) is 5.32 Å². The number of non-ortho nitro benzene ring substituents is 1. The molecule has 0 heterocycles. The lowest BCUT2D eigenvalue weighted by Crippen LogP contribution is -2.47. The normalized spacial score (nSPS) is 12.1. The van der Waals surface area contributed by atoms with E-state index in [9.17, 15) is 23.3 Å². The van der Waals surface area contributed by atoms with Crippen LogP contribution in [0.3, 0.4) is 0 Å². The van der Waals surface area contributed by atoms with E-state index in [1.807, 2.05) is 0 Å². The summed E-state index contributed by atoms with van der Waals surface area (Å²) in [5.74, 6) is -0.538. The van der Waals surface area contributed by atoms with Gasteiger partial charge in [-0.1, -0.05) is 24.6 Å². The van der Waals surface area contributed by atoms with Gasteiger partial charge in [0.1, 0.15) is 17.5 Å². The van der Waals surface area contributed by atoms with Gasteiger partial charge >= 0.3 is 0 Å². The Bertz CT molecular complexity index is 1030. The molecule has 0 aliphatic carbocycles. The van der Waals surface area contributed by atoms with Gasteiger partial charge in [-0.25, -0.2) is 8.42 Å². The first-order chi connectivity index (χ1) is 13.6. The molecular weight excluding hydrogens is 422 g/mol. The molecule has 2 aromatic rings. The second kappa shape index (κ2) is 9.10. The second-order valence-corrected chi connectivity index (χ2v) is 8.39. The monoisotopic (exact) mass is 441 g/mol. The van der Waals surface area contributed by atoms with Crippen LogP contribution in [0.25, 0.3) is 0 Å². The first-order valence-corrected chi connectivity index (χ1v) is 10.7. The molecule has 156 valence electrons. The molecule has 0 bridgehead atoms. The maximum atomic E-state index is 12.9. The predicted molar refractivity (Wildman–Crippen MR) is 111 cm³/mol. The number of sulfonamides is 1. The molecule has 11 heteroatoms. The van der Waals surface area contributed by atoms with Crippen molar-refractivity contribution in [1.82, 2.24) is 0 Å². The van der Waals surface area contributed by atoms with Gasteiger partial charge in [-0.3, -0.25) is 19.2 Å². The molecule has 0 unspecified atom stereocenters. The number of hydrogen-bond acceptors (Lipinski definition) is 6. The summed E-state index contributed by atoms with van der Waals surface area (Å²) in [5.41, 5.74) is -0.0442. The Morgan fingerprint density at radius 2 is 2.00 bits per heavy atom. The molecule has 9 nitrogen and oxygen atoms in total. The van der Waals surface area contributed by atoms with Crippen LogP contribution in [0.5, 0.6) is 5.75 Å². The number of nitrogens with zero attached hydrogens (tertiary/aromatic N) is 2. The number of anilines is 2. The van der Waals surface area contributed by atoms with Crippen molar-refractivity contribution in [2.24, 2.45) is 0 Å². The van der Waals surface area contributed by atoms with Crippen LogP contribution in [0.4, 0.5) is 17.1 Å². The average molecular weight is 442 g/mol. The Hall–Kier alpha value is -2.85. The molecule has 1 atom stereocenters. The van der Waals surface area contributed by atoms with Gasteiger partial charge < -0.3 is 10.1 Å². The Morgan fingerprint density at radius 1 is 1.31 bits per heavy atom. The number of amides is 1. The topological polar surface area (TPSA) is 119 Å². The minimum Gasteiger partial charge on any atom is -0.495 e. The SMILES string of the molecule is CC[C@@H](C(=O)Nc1cccc(Cl)c1)N(c1cc([N+](=O)[O-])ccc1OC)S(C)(=O)=O. The third kappa shape index (κ3) is 5.36. The summed E-state index contributed by atoms with van der Waals surface area (Å²) in [7, 11) is -2.70. The van der Waals surface area contributed by atoms with Crippen LogP contribution in [-0.2, 0) is 14.8 Å². The molecule has 0 radical (unpaired) electrons. The minimum atomic E-state index is -4.01. The highest BCUT2D eigenvalue weighted by Gasteiger charge is 2.34. The molecule has 0 spiro atoms. The Labute approximate surface area is 173 Å². The van der Waals surface area contributed by atoms with Gasteiger partial charge in [0.25, 0.3) is 5.69 Å². The number of nitrogens with one attached hydrogen (secondary N) is 1. The molecule has 0 fully saturated rings. The number of carbonyl (C=O) groups excluding carboxylic acids is 1. The number of hydrogen-bond donors (Lipinski definition) is 1. The van der Waals surface area contributed by atoms with Crippen LogP contribution in [0, 0.1) is 10.1 Å². The molecule has 0 saturated carbocycles. The van der Waals surface area contributed by atoms with Gasteiger partial charge in [-0.15, -0.1) is 0 Å². The van der Waals surface area contributed by atoms with E-state index in [0.29, 0.717) is 10.7 Å². The third-order valence-electron chi connectivity index (χ3n) is 4.03. The van der Waals surface area contributed by atoms with Crippen molar-refractivity contribution in [3.05, 3.63) is 57.6 Å². The van der Waals surface area contributed by atoms with E-state index in [1.54, 1.807) is 25.1 Å². The maximum Gasteiger partial charge on any atom is 0.271 e. The largest absolute Gasteiger partial charge is 0.495 e. The fourth-order valence-electron chi connectivity index (χ4n) is 2.79. The van der Waals surface area contributed by atoms with E-state index >= 15 is 0 Å².